The van der Waals surface area contributed by atoms with Crippen LogP contribution in [0.4, 0.5) is 8.78 Å². The molecule has 1 saturated heterocycles. The van der Waals surface area contributed by atoms with Gasteiger partial charge in [0.1, 0.15) is 5.75 Å². The van der Waals surface area contributed by atoms with Gasteiger partial charge in [-0.1, -0.05) is 24.6 Å². The van der Waals surface area contributed by atoms with Crippen LogP contribution >= 0.6 is 0 Å². The Morgan fingerprint density at radius 2 is 1.90 bits per heavy atom. The molecule has 6 nitrogen and oxygen atoms in total. The van der Waals surface area contributed by atoms with Crippen LogP contribution < -0.4 is 15.4 Å². The SMILES string of the molecule is CCNC(=NCc1cc(C)ccc1OC(F)F)NCC(C)N1CCN(CC)CC1. The molecule has 1 atom stereocenters. The maximum Gasteiger partial charge on any atom is 0.387 e. The Morgan fingerprint density at radius 3 is 2.52 bits per heavy atom. The molecule has 1 aromatic rings. The Bertz CT molecular complexity index is 648. The van der Waals surface area contributed by atoms with Crippen molar-refractivity contribution >= 4 is 5.96 Å². The van der Waals surface area contributed by atoms with Crippen LogP contribution in [0.5, 0.6) is 5.75 Å². The standard InChI is InChI=1S/C21H35F2N5O/c1-5-24-21(25-14-17(4)28-11-9-27(6-2)10-12-28)26-15-18-13-16(3)7-8-19(18)29-20(22)23/h7-8,13,17,20H,5-6,9-12,14-15H2,1-4H3,(H2,24,25,26). The summed E-state index contributed by atoms with van der Waals surface area (Å²) in [5, 5.41) is 6.61. The molecule has 0 spiro atoms. The van der Waals surface area contributed by atoms with Crippen LogP contribution in [0.25, 0.3) is 0 Å². The van der Waals surface area contributed by atoms with E-state index in [4.69, 9.17) is 0 Å². The van der Waals surface area contributed by atoms with Gasteiger partial charge >= 0.3 is 6.61 Å². The number of nitrogens with zero attached hydrogens (tertiary/aromatic N) is 3. The summed E-state index contributed by atoms with van der Waals surface area (Å²) in [6.07, 6.45) is 0. The fourth-order valence-electron chi connectivity index (χ4n) is 3.44. The first kappa shape index (κ1) is 23.3. The van der Waals surface area contributed by atoms with Crippen LogP contribution in [0.2, 0.25) is 0 Å². The second-order valence-corrected chi connectivity index (χ2v) is 7.38. The van der Waals surface area contributed by atoms with Crippen molar-refractivity contribution in [1.29, 1.82) is 0 Å². The fraction of sp³-hybridized carbons (Fsp3) is 0.667. The number of hydrogen-bond donors (Lipinski definition) is 2. The van der Waals surface area contributed by atoms with Crippen LogP contribution in [0.3, 0.4) is 0 Å². The van der Waals surface area contributed by atoms with Gasteiger partial charge < -0.3 is 20.3 Å². The smallest absolute Gasteiger partial charge is 0.387 e. The monoisotopic (exact) mass is 411 g/mol. The summed E-state index contributed by atoms with van der Waals surface area (Å²) < 4.78 is 30.0. The van der Waals surface area contributed by atoms with Crippen molar-refractivity contribution < 1.29 is 13.5 Å². The summed E-state index contributed by atoms with van der Waals surface area (Å²) in [6, 6.07) is 5.55. The third-order valence-corrected chi connectivity index (χ3v) is 5.23. The molecular weight excluding hydrogens is 376 g/mol. The predicted molar refractivity (Wildman–Crippen MR) is 114 cm³/mol. The Balaban J connectivity index is 1.95. The van der Waals surface area contributed by atoms with Gasteiger partial charge in [0.25, 0.3) is 0 Å². The zero-order chi connectivity index (χ0) is 21.2. The first-order valence-corrected chi connectivity index (χ1v) is 10.5. The molecule has 0 aromatic heterocycles. The lowest BCUT2D eigenvalue weighted by Crippen LogP contribution is -2.53. The normalized spacial score (nSPS) is 17.4. The van der Waals surface area contributed by atoms with Gasteiger partial charge in [0.2, 0.25) is 0 Å². The first-order chi connectivity index (χ1) is 13.9. The zero-order valence-electron chi connectivity index (χ0n) is 18.0. The lowest BCUT2D eigenvalue weighted by molar-refractivity contribution is -0.0504. The molecule has 0 radical (unpaired) electrons. The average molecular weight is 412 g/mol. The van der Waals surface area contributed by atoms with E-state index in [9.17, 15) is 8.78 Å². The number of piperazine rings is 1. The molecule has 164 valence electrons. The summed E-state index contributed by atoms with van der Waals surface area (Å²) in [7, 11) is 0. The van der Waals surface area contributed by atoms with E-state index in [0.29, 0.717) is 17.6 Å². The highest BCUT2D eigenvalue weighted by atomic mass is 19.3. The molecule has 1 fully saturated rings. The Labute approximate surface area is 173 Å². The van der Waals surface area contributed by atoms with Gasteiger partial charge in [0.05, 0.1) is 6.54 Å². The van der Waals surface area contributed by atoms with Crippen LogP contribution in [0, 0.1) is 6.92 Å². The van der Waals surface area contributed by atoms with Crippen molar-refractivity contribution in [2.75, 3.05) is 45.8 Å². The second-order valence-electron chi connectivity index (χ2n) is 7.38. The summed E-state index contributed by atoms with van der Waals surface area (Å²) in [6.45, 7) is 12.7. The number of alkyl halides is 2. The number of aliphatic imine (C=N–C) groups is 1. The third kappa shape index (κ3) is 7.78. The van der Waals surface area contributed by atoms with Gasteiger partial charge in [-0.25, -0.2) is 4.99 Å². The Hall–Kier alpha value is -1.93. The molecule has 1 heterocycles. The van der Waals surface area contributed by atoms with Gasteiger partial charge in [-0.3, -0.25) is 4.90 Å². The molecule has 0 amide bonds. The van der Waals surface area contributed by atoms with E-state index >= 15 is 0 Å². The number of hydrogen-bond acceptors (Lipinski definition) is 4. The molecule has 0 saturated carbocycles. The highest BCUT2D eigenvalue weighted by Gasteiger charge is 2.20. The Kier molecular flexibility index (Phi) is 9.60. The number of guanidine groups is 1. The molecule has 1 aliphatic rings. The lowest BCUT2D eigenvalue weighted by Gasteiger charge is -2.37. The fourth-order valence-corrected chi connectivity index (χ4v) is 3.44. The zero-order valence-corrected chi connectivity index (χ0v) is 18.0. The lowest BCUT2D eigenvalue weighted by atomic mass is 10.1. The Morgan fingerprint density at radius 1 is 1.17 bits per heavy atom. The molecule has 2 N–H and O–H groups in total. The summed E-state index contributed by atoms with van der Waals surface area (Å²) >= 11 is 0. The number of aryl methyl sites for hydroxylation is 1. The van der Waals surface area contributed by atoms with E-state index in [2.05, 4.69) is 44.0 Å². The minimum atomic E-state index is -2.85. The van der Waals surface area contributed by atoms with E-state index < -0.39 is 6.61 Å². The van der Waals surface area contributed by atoms with Crippen molar-refractivity contribution in [1.82, 2.24) is 20.4 Å². The van der Waals surface area contributed by atoms with E-state index in [1.165, 1.54) is 0 Å². The van der Waals surface area contributed by atoms with E-state index in [1.807, 2.05) is 19.9 Å². The molecule has 1 unspecified atom stereocenters. The summed E-state index contributed by atoms with van der Waals surface area (Å²) in [5.41, 5.74) is 1.63. The number of halogens is 2. The third-order valence-electron chi connectivity index (χ3n) is 5.23. The van der Waals surface area contributed by atoms with Crippen LogP contribution in [-0.4, -0.2) is 74.2 Å². The minimum Gasteiger partial charge on any atom is -0.434 e. The van der Waals surface area contributed by atoms with Crippen LogP contribution in [0.1, 0.15) is 31.9 Å². The molecule has 1 aliphatic heterocycles. The van der Waals surface area contributed by atoms with Crippen LogP contribution in [-0.2, 0) is 6.54 Å². The van der Waals surface area contributed by atoms with Crippen molar-refractivity contribution in [3.05, 3.63) is 29.3 Å². The maximum absolute atomic E-state index is 12.7. The highest BCUT2D eigenvalue weighted by molar-refractivity contribution is 5.79. The van der Waals surface area contributed by atoms with Crippen LogP contribution in [0.15, 0.2) is 23.2 Å². The van der Waals surface area contributed by atoms with E-state index in [-0.39, 0.29) is 12.3 Å². The minimum absolute atomic E-state index is 0.173. The number of likely N-dealkylation sites (N-methyl/N-ethyl adjacent to an activating group) is 1. The van der Waals surface area contributed by atoms with Crippen molar-refractivity contribution in [2.45, 2.75) is 46.9 Å². The summed E-state index contributed by atoms with van der Waals surface area (Å²) in [4.78, 5) is 9.52. The molecule has 1 aromatic carbocycles. The number of benzene rings is 1. The van der Waals surface area contributed by atoms with Crippen molar-refractivity contribution in [3.8, 4) is 5.75 Å². The molecule has 0 bridgehead atoms. The molecule has 0 aliphatic carbocycles. The number of nitrogens with one attached hydrogen (secondary N) is 2. The van der Waals surface area contributed by atoms with E-state index in [1.54, 1.807) is 12.1 Å². The topological polar surface area (TPSA) is 52.1 Å². The molecular formula is C21H35F2N5O. The summed E-state index contributed by atoms with van der Waals surface area (Å²) in [5.74, 6) is 0.850. The van der Waals surface area contributed by atoms with E-state index in [0.717, 1.165) is 51.4 Å². The van der Waals surface area contributed by atoms with Gasteiger partial charge in [-0.15, -0.1) is 0 Å². The van der Waals surface area contributed by atoms with Gasteiger partial charge in [0, 0.05) is 50.9 Å². The molecule has 8 heteroatoms. The first-order valence-electron chi connectivity index (χ1n) is 10.5. The molecule has 29 heavy (non-hydrogen) atoms. The van der Waals surface area contributed by atoms with Crippen molar-refractivity contribution in [3.63, 3.8) is 0 Å². The largest absolute Gasteiger partial charge is 0.434 e. The predicted octanol–water partition coefficient (Wildman–Crippen LogP) is 2.68. The quantitative estimate of drug-likeness (QED) is 0.483. The maximum atomic E-state index is 12.7. The number of rotatable bonds is 9. The highest BCUT2D eigenvalue weighted by Crippen LogP contribution is 2.22. The van der Waals surface area contributed by atoms with Crippen molar-refractivity contribution in [2.24, 2.45) is 4.99 Å². The van der Waals surface area contributed by atoms with Gasteiger partial charge in [0.15, 0.2) is 5.96 Å². The number of ether oxygens (including phenoxy) is 1. The average Bonchev–Trinajstić information content (AvgIpc) is 2.71. The van der Waals surface area contributed by atoms with Gasteiger partial charge in [-0.05, 0) is 33.4 Å². The molecule has 2 rings (SSSR count). The van der Waals surface area contributed by atoms with Gasteiger partial charge in [-0.2, -0.15) is 8.78 Å². The second kappa shape index (κ2) is 11.9.